The Kier molecular flexibility index (Phi) is 5.72. The number of nitrogens with zero attached hydrogens (tertiary/aromatic N) is 1. The first-order valence-electron chi connectivity index (χ1n) is 8.32. The molecule has 2 amide bonds. The van der Waals surface area contributed by atoms with E-state index in [4.69, 9.17) is 11.6 Å². The Balaban J connectivity index is 1.58. The molecule has 3 rings (SSSR count). The second-order valence-electron chi connectivity index (χ2n) is 6.32. The van der Waals surface area contributed by atoms with Gasteiger partial charge in [0.2, 0.25) is 11.8 Å². The van der Waals surface area contributed by atoms with Crippen molar-refractivity contribution in [2.45, 2.75) is 12.5 Å². The van der Waals surface area contributed by atoms with E-state index in [1.807, 2.05) is 0 Å². The molecule has 0 aliphatic carbocycles. The van der Waals surface area contributed by atoms with Gasteiger partial charge in [0, 0.05) is 30.2 Å². The fourth-order valence-corrected chi connectivity index (χ4v) is 3.14. The number of carbonyl (C=O) groups excluding carboxylic acids is 2. The summed E-state index contributed by atoms with van der Waals surface area (Å²) in [5, 5.41) is 13.1. The molecule has 27 heavy (non-hydrogen) atoms. The van der Waals surface area contributed by atoms with E-state index >= 15 is 0 Å². The summed E-state index contributed by atoms with van der Waals surface area (Å²) in [5.74, 6) is -3.25. The van der Waals surface area contributed by atoms with Crippen molar-refractivity contribution >= 4 is 29.1 Å². The maximum absolute atomic E-state index is 13.2. The van der Waals surface area contributed by atoms with Crippen molar-refractivity contribution in [1.29, 1.82) is 0 Å². The molecule has 1 saturated heterocycles. The van der Waals surface area contributed by atoms with Gasteiger partial charge in [-0.25, -0.2) is 8.78 Å². The van der Waals surface area contributed by atoms with Gasteiger partial charge in [0.05, 0.1) is 12.0 Å². The molecule has 5 nitrogen and oxygen atoms in total. The number of carbonyl (C=O) groups is 2. The number of benzene rings is 2. The summed E-state index contributed by atoms with van der Waals surface area (Å²) in [6.07, 6.45) is -1.15. The van der Waals surface area contributed by atoms with Crippen LogP contribution in [0.2, 0.25) is 5.02 Å². The molecule has 0 saturated carbocycles. The second kappa shape index (κ2) is 8.02. The molecule has 1 aliphatic heterocycles. The second-order valence-corrected chi connectivity index (χ2v) is 6.76. The highest BCUT2D eigenvalue weighted by molar-refractivity contribution is 6.31. The Hall–Kier alpha value is -2.51. The minimum atomic E-state index is -1.19. The maximum atomic E-state index is 13.2. The van der Waals surface area contributed by atoms with E-state index in [9.17, 15) is 23.5 Å². The highest BCUT2D eigenvalue weighted by atomic mass is 35.5. The van der Waals surface area contributed by atoms with Crippen molar-refractivity contribution in [1.82, 2.24) is 5.32 Å². The smallest absolute Gasteiger partial charge is 0.227 e. The largest absolute Gasteiger partial charge is 0.387 e. The van der Waals surface area contributed by atoms with E-state index in [0.717, 1.165) is 12.1 Å². The summed E-state index contributed by atoms with van der Waals surface area (Å²) in [5.41, 5.74) is 0.766. The normalized spacial score (nSPS) is 17.9. The van der Waals surface area contributed by atoms with Gasteiger partial charge >= 0.3 is 0 Å². The average molecular weight is 395 g/mol. The Labute approximate surface area is 159 Å². The summed E-state index contributed by atoms with van der Waals surface area (Å²) in [4.78, 5) is 26.0. The van der Waals surface area contributed by atoms with Crippen molar-refractivity contribution < 1.29 is 23.5 Å². The fourth-order valence-electron chi connectivity index (χ4n) is 2.96. The molecule has 0 unspecified atom stereocenters. The molecule has 2 aromatic carbocycles. The van der Waals surface area contributed by atoms with Crippen LogP contribution in [0.5, 0.6) is 0 Å². The molecule has 0 aromatic heterocycles. The monoisotopic (exact) mass is 394 g/mol. The van der Waals surface area contributed by atoms with Crippen LogP contribution in [0.15, 0.2) is 42.5 Å². The van der Waals surface area contributed by atoms with Crippen LogP contribution >= 0.6 is 11.6 Å². The lowest BCUT2D eigenvalue weighted by atomic mass is 10.1. The van der Waals surface area contributed by atoms with Crippen LogP contribution in [0.1, 0.15) is 18.1 Å². The van der Waals surface area contributed by atoms with E-state index in [-0.39, 0.29) is 31.0 Å². The van der Waals surface area contributed by atoms with Gasteiger partial charge in [0.25, 0.3) is 0 Å². The fraction of sp³-hybridized carbons (Fsp3) is 0.263. The molecule has 0 spiro atoms. The number of anilines is 1. The number of hydrogen-bond donors (Lipinski definition) is 2. The molecule has 2 atom stereocenters. The third-order valence-corrected chi connectivity index (χ3v) is 4.65. The molecular weight excluding hydrogens is 378 g/mol. The van der Waals surface area contributed by atoms with Gasteiger partial charge in [-0.1, -0.05) is 23.7 Å². The minimum absolute atomic E-state index is 0.0413. The molecule has 1 fully saturated rings. The molecule has 0 radical (unpaired) electrons. The summed E-state index contributed by atoms with van der Waals surface area (Å²) >= 11 is 5.94. The van der Waals surface area contributed by atoms with Crippen molar-refractivity contribution in [2.24, 2.45) is 5.92 Å². The molecule has 0 bridgehead atoms. The quantitative estimate of drug-likeness (QED) is 0.819. The summed E-state index contributed by atoms with van der Waals surface area (Å²) in [6, 6.07) is 9.82. The number of nitrogens with one attached hydrogen (secondary N) is 1. The average Bonchev–Trinajstić information content (AvgIpc) is 3.03. The Morgan fingerprint density at radius 2 is 2.04 bits per heavy atom. The van der Waals surface area contributed by atoms with Crippen LogP contribution in [0.25, 0.3) is 0 Å². The van der Waals surface area contributed by atoms with E-state index in [1.165, 1.54) is 11.0 Å². The van der Waals surface area contributed by atoms with Crippen molar-refractivity contribution in [3.05, 3.63) is 64.7 Å². The van der Waals surface area contributed by atoms with Gasteiger partial charge < -0.3 is 15.3 Å². The van der Waals surface area contributed by atoms with E-state index in [1.54, 1.807) is 24.3 Å². The van der Waals surface area contributed by atoms with Crippen LogP contribution in [-0.4, -0.2) is 30.0 Å². The standard InChI is InChI=1S/C19H17ClF2N2O3/c20-13-2-1-3-14(8-13)24-10-12(7-18(24)26)19(27)23-9-17(25)11-4-5-15(21)16(22)6-11/h1-6,8,12,17,25H,7,9-10H2,(H,23,27)/t12-,17-/m0/s1. The number of amides is 2. The van der Waals surface area contributed by atoms with Gasteiger partial charge in [0.1, 0.15) is 0 Å². The van der Waals surface area contributed by atoms with Gasteiger partial charge in [-0.3, -0.25) is 9.59 Å². The lowest BCUT2D eigenvalue weighted by Gasteiger charge is -2.17. The lowest BCUT2D eigenvalue weighted by Crippen LogP contribution is -2.35. The predicted molar refractivity (Wildman–Crippen MR) is 96.2 cm³/mol. The third-order valence-electron chi connectivity index (χ3n) is 4.41. The zero-order valence-electron chi connectivity index (χ0n) is 14.2. The number of rotatable bonds is 5. The Bertz CT molecular complexity index is 878. The Morgan fingerprint density at radius 1 is 1.26 bits per heavy atom. The van der Waals surface area contributed by atoms with E-state index in [2.05, 4.69) is 5.32 Å². The first-order chi connectivity index (χ1) is 12.8. The number of halogens is 3. The van der Waals surface area contributed by atoms with E-state index < -0.39 is 29.6 Å². The summed E-state index contributed by atoms with van der Waals surface area (Å²) in [7, 11) is 0. The van der Waals surface area contributed by atoms with Crippen LogP contribution in [-0.2, 0) is 9.59 Å². The Morgan fingerprint density at radius 3 is 2.74 bits per heavy atom. The zero-order chi connectivity index (χ0) is 19.6. The molecule has 2 N–H and O–H groups in total. The van der Waals surface area contributed by atoms with Gasteiger partial charge in [-0.2, -0.15) is 0 Å². The van der Waals surface area contributed by atoms with Gasteiger partial charge in [-0.05, 0) is 35.9 Å². The first-order valence-corrected chi connectivity index (χ1v) is 8.69. The zero-order valence-corrected chi connectivity index (χ0v) is 14.9. The summed E-state index contributed by atoms with van der Waals surface area (Å²) in [6.45, 7) is 0.0258. The topological polar surface area (TPSA) is 69.6 Å². The highest BCUT2D eigenvalue weighted by Crippen LogP contribution is 2.27. The maximum Gasteiger partial charge on any atom is 0.227 e. The first kappa shape index (κ1) is 19.3. The number of hydrogen-bond acceptors (Lipinski definition) is 3. The molecule has 8 heteroatoms. The molecular formula is C19H17ClF2N2O3. The van der Waals surface area contributed by atoms with Crippen LogP contribution in [0.4, 0.5) is 14.5 Å². The van der Waals surface area contributed by atoms with Gasteiger partial charge in [-0.15, -0.1) is 0 Å². The van der Waals surface area contributed by atoms with Gasteiger partial charge in [0.15, 0.2) is 11.6 Å². The minimum Gasteiger partial charge on any atom is -0.387 e. The van der Waals surface area contributed by atoms with Crippen LogP contribution in [0, 0.1) is 17.6 Å². The predicted octanol–water partition coefficient (Wildman–Crippen LogP) is 2.82. The van der Waals surface area contributed by atoms with Crippen molar-refractivity contribution in [2.75, 3.05) is 18.0 Å². The van der Waals surface area contributed by atoms with Crippen LogP contribution in [0.3, 0.4) is 0 Å². The highest BCUT2D eigenvalue weighted by Gasteiger charge is 2.35. The SMILES string of the molecule is O=C(NC[C@H](O)c1ccc(F)c(F)c1)[C@H]1CC(=O)N(c2cccc(Cl)c2)C1. The van der Waals surface area contributed by atoms with Crippen LogP contribution < -0.4 is 10.2 Å². The van der Waals surface area contributed by atoms with Crippen molar-refractivity contribution in [3.63, 3.8) is 0 Å². The molecule has 2 aromatic rings. The van der Waals surface area contributed by atoms with E-state index in [0.29, 0.717) is 10.7 Å². The lowest BCUT2D eigenvalue weighted by molar-refractivity contribution is -0.126. The molecule has 142 valence electrons. The third kappa shape index (κ3) is 4.43. The number of aliphatic hydroxyl groups excluding tert-OH is 1. The number of aliphatic hydroxyl groups is 1. The summed E-state index contributed by atoms with van der Waals surface area (Å²) < 4.78 is 26.2. The molecule has 1 heterocycles. The van der Waals surface area contributed by atoms with Crippen molar-refractivity contribution in [3.8, 4) is 0 Å². The molecule has 1 aliphatic rings.